The van der Waals surface area contributed by atoms with Gasteiger partial charge in [0.2, 0.25) is 0 Å². The van der Waals surface area contributed by atoms with Crippen LogP contribution in [0.2, 0.25) is 0 Å². The van der Waals surface area contributed by atoms with E-state index in [2.05, 4.69) is 21.2 Å². The fourth-order valence-electron chi connectivity index (χ4n) is 0.975. The quantitative estimate of drug-likeness (QED) is 0.809. The zero-order valence-electron chi connectivity index (χ0n) is 7.62. The van der Waals surface area contributed by atoms with E-state index in [1.165, 1.54) is 11.3 Å². The molecule has 78 valence electrons. The van der Waals surface area contributed by atoms with E-state index < -0.39 is 0 Å². The Kier molecular flexibility index (Phi) is 5.14. The lowest BCUT2D eigenvalue weighted by molar-refractivity contribution is 0.0955. The summed E-state index contributed by atoms with van der Waals surface area (Å²) in [6.45, 7) is 0.794. The summed E-state index contributed by atoms with van der Waals surface area (Å²) in [5.74, 6) is -0.0511. The zero-order chi connectivity index (χ0) is 10.4. The Bertz CT molecular complexity index is 301. The van der Waals surface area contributed by atoms with Crippen LogP contribution in [0.3, 0.4) is 0 Å². The normalized spacial score (nSPS) is 10.1. The molecule has 1 aromatic heterocycles. The third kappa shape index (κ3) is 3.40. The first-order valence-corrected chi connectivity index (χ1v) is 6.05. The molecule has 0 aliphatic heterocycles. The minimum Gasteiger partial charge on any atom is -0.396 e. The summed E-state index contributed by atoms with van der Waals surface area (Å²) in [5.41, 5.74) is 0. The van der Waals surface area contributed by atoms with Crippen molar-refractivity contribution in [3.05, 3.63) is 20.8 Å². The van der Waals surface area contributed by atoms with Crippen LogP contribution in [0.1, 0.15) is 22.5 Å². The summed E-state index contributed by atoms with van der Waals surface area (Å²) in [7, 11) is 0. The molecule has 14 heavy (non-hydrogen) atoms. The van der Waals surface area contributed by atoms with Crippen molar-refractivity contribution in [2.24, 2.45) is 0 Å². The standard InChI is InChI=1S/C9H12BrNO2S/c10-7-3-6-14-8(7)9(13)11-4-1-2-5-12/h3,6,12H,1-2,4-5H2,(H,11,13). The smallest absolute Gasteiger partial charge is 0.262 e. The number of hydrogen-bond donors (Lipinski definition) is 2. The van der Waals surface area contributed by atoms with Crippen LogP contribution in [0, 0.1) is 0 Å². The molecule has 1 heterocycles. The first kappa shape index (κ1) is 11.7. The second-order valence-corrected chi connectivity index (χ2v) is 4.55. The lowest BCUT2D eigenvalue weighted by Crippen LogP contribution is -2.23. The van der Waals surface area contributed by atoms with Gasteiger partial charge in [-0.05, 0) is 40.2 Å². The number of aliphatic hydroxyl groups is 1. The zero-order valence-corrected chi connectivity index (χ0v) is 10.0. The van der Waals surface area contributed by atoms with Gasteiger partial charge in [-0.1, -0.05) is 0 Å². The van der Waals surface area contributed by atoms with E-state index in [1.54, 1.807) is 0 Å². The van der Waals surface area contributed by atoms with Crippen molar-refractivity contribution in [1.82, 2.24) is 5.32 Å². The molecule has 0 bridgehead atoms. The molecule has 0 radical (unpaired) electrons. The maximum absolute atomic E-state index is 11.5. The van der Waals surface area contributed by atoms with E-state index in [0.29, 0.717) is 11.4 Å². The number of aliphatic hydroxyl groups excluding tert-OH is 1. The van der Waals surface area contributed by atoms with Crippen LogP contribution in [-0.2, 0) is 0 Å². The molecule has 1 amide bonds. The van der Waals surface area contributed by atoms with Crippen LogP contribution in [0.15, 0.2) is 15.9 Å². The van der Waals surface area contributed by atoms with Gasteiger partial charge >= 0.3 is 0 Å². The van der Waals surface area contributed by atoms with Crippen LogP contribution in [-0.4, -0.2) is 24.2 Å². The molecule has 0 aliphatic carbocycles. The molecule has 0 atom stereocenters. The SMILES string of the molecule is O=C(NCCCCO)c1sccc1Br. The van der Waals surface area contributed by atoms with Gasteiger partial charge in [-0.2, -0.15) is 0 Å². The van der Waals surface area contributed by atoms with Gasteiger partial charge < -0.3 is 10.4 Å². The number of nitrogens with one attached hydrogen (secondary N) is 1. The third-order valence-corrected chi connectivity index (χ3v) is 3.53. The number of carbonyl (C=O) groups is 1. The minimum atomic E-state index is -0.0511. The topological polar surface area (TPSA) is 49.3 Å². The number of halogens is 1. The highest BCUT2D eigenvalue weighted by atomic mass is 79.9. The largest absolute Gasteiger partial charge is 0.396 e. The van der Waals surface area contributed by atoms with E-state index in [0.717, 1.165) is 17.3 Å². The highest BCUT2D eigenvalue weighted by molar-refractivity contribution is 9.10. The summed E-state index contributed by atoms with van der Waals surface area (Å²) >= 11 is 4.71. The lowest BCUT2D eigenvalue weighted by atomic mass is 10.3. The van der Waals surface area contributed by atoms with E-state index in [-0.39, 0.29) is 12.5 Å². The van der Waals surface area contributed by atoms with Crippen LogP contribution < -0.4 is 5.32 Å². The van der Waals surface area contributed by atoms with Crippen molar-refractivity contribution in [3.63, 3.8) is 0 Å². The van der Waals surface area contributed by atoms with Crippen molar-refractivity contribution in [2.45, 2.75) is 12.8 Å². The van der Waals surface area contributed by atoms with Gasteiger partial charge in [0.25, 0.3) is 5.91 Å². The van der Waals surface area contributed by atoms with Gasteiger partial charge in [0.1, 0.15) is 4.88 Å². The van der Waals surface area contributed by atoms with Crippen molar-refractivity contribution in [2.75, 3.05) is 13.2 Å². The second kappa shape index (κ2) is 6.16. The van der Waals surface area contributed by atoms with Crippen LogP contribution in [0.25, 0.3) is 0 Å². The van der Waals surface area contributed by atoms with Crippen molar-refractivity contribution in [3.8, 4) is 0 Å². The molecule has 3 nitrogen and oxygen atoms in total. The van der Waals surface area contributed by atoms with Gasteiger partial charge in [-0.3, -0.25) is 4.79 Å². The van der Waals surface area contributed by atoms with Gasteiger partial charge in [0, 0.05) is 17.6 Å². The van der Waals surface area contributed by atoms with Crippen molar-refractivity contribution < 1.29 is 9.90 Å². The summed E-state index contributed by atoms with van der Waals surface area (Å²) in [6, 6.07) is 1.85. The van der Waals surface area contributed by atoms with E-state index in [9.17, 15) is 4.79 Å². The van der Waals surface area contributed by atoms with Crippen LogP contribution >= 0.6 is 27.3 Å². The van der Waals surface area contributed by atoms with Crippen molar-refractivity contribution >= 4 is 33.2 Å². The van der Waals surface area contributed by atoms with Gasteiger partial charge in [0.05, 0.1) is 0 Å². The Morgan fingerprint density at radius 2 is 2.36 bits per heavy atom. The molecular formula is C9H12BrNO2S. The number of rotatable bonds is 5. The fourth-order valence-corrected chi connectivity index (χ4v) is 2.44. The monoisotopic (exact) mass is 277 g/mol. The average molecular weight is 278 g/mol. The summed E-state index contributed by atoms with van der Waals surface area (Å²) in [6.07, 6.45) is 1.54. The highest BCUT2D eigenvalue weighted by Gasteiger charge is 2.09. The second-order valence-electron chi connectivity index (χ2n) is 2.78. The van der Waals surface area contributed by atoms with Crippen molar-refractivity contribution in [1.29, 1.82) is 0 Å². The number of amides is 1. The molecule has 1 rings (SSSR count). The third-order valence-electron chi connectivity index (χ3n) is 1.69. The molecule has 0 saturated heterocycles. The number of hydrogen-bond acceptors (Lipinski definition) is 3. The lowest BCUT2D eigenvalue weighted by Gasteiger charge is -2.02. The summed E-state index contributed by atoms with van der Waals surface area (Å²) in [4.78, 5) is 12.2. The first-order chi connectivity index (χ1) is 6.75. The van der Waals surface area contributed by atoms with E-state index in [1.807, 2.05) is 11.4 Å². The Morgan fingerprint density at radius 3 is 2.93 bits per heavy atom. The minimum absolute atomic E-state index is 0.0511. The number of carbonyl (C=O) groups excluding carboxylic acids is 1. The average Bonchev–Trinajstić information content (AvgIpc) is 2.59. The molecule has 5 heteroatoms. The van der Waals surface area contributed by atoms with Gasteiger partial charge in [-0.25, -0.2) is 0 Å². The predicted octanol–water partition coefficient (Wildman–Crippen LogP) is 2.01. The number of unbranched alkanes of at least 4 members (excludes halogenated alkanes) is 1. The Labute approximate surface area is 95.3 Å². The van der Waals surface area contributed by atoms with E-state index in [4.69, 9.17) is 5.11 Å². The van der Waals surface area contributed by atoms with Crippen LogP contribution in [0.5, 0.6) is 0 Å². The molecule has 0 spiro atoms. The molecule has 0 saturated carbocycles. The Morgan fingerprint density at radius 1 is 1.57 bits per heavy atom. The molecule has 0 aromatic carbocycles. The maximum Gasteiger partial charge on any atom is 0.262 e. The molecule has 0 fully saturated rings. The Balaban J connectivity index is 2.32. The van der Waals surface area contributed by atoms with Gasteiger partial charge in [-0.15, -0.1) is 11.3 Å². The summed E-state index contributed by atoms with van der Waals surface area (Å²) < 4.78 is 0.835. The van der Waals surface area contributed by atoms with E-state index >= 15 is 0 Å². The highest BCUT2D eigenvalue weighted by Crippen LogP contribution is 2.22. The van der Waals surface area contributed by atoms with Gasteiger partial charge in [0.15, 0.2) is 0 Å². The molecule has 0 unspecified atom stereocenters. The molecular weight excluding hydrogens is 266 g/mol. The summed E-state index contributed by atoms with van der Waals surface area (Å²) in [5, 5.41) is 13.2. The predicted molar refractivity (Wildman–Crippen MR) is 60.7 cm³/mol. The number of thiophene rings is 1. The Hall–Kier alpha value is -0.390. The van der Waals surface area contributed by atoms with Crippen LogP contribution in [0.4, 0.5) is 0 Å². The molecule has 1 aromatic rings. The maximum atomic E-state index is 11.5. The molecule has 2 N–H and O–H groups in total. The molecule has 0 aliphatic rings. The first-order valence-electron chi connectivity index (χ1n) is 4.37. The fraction of sp³-hybridized carbons (Fsp3) is 0.444.